The molecule has 0 unspecified atom stereocenters. The number of ether oxygens (including phenoxy) is 2. The van der Waals surface area contributed by atoms with E-state index in [0.29, 0.717) is 6.61 Å². The zero-order valence-corrected chi connectivity index (χ0v) is 12.8. The second kappa shape index (κ2) is 7.73. The molecule has 1 aromatic rings. The molecule has 0 aliphatic rings. The van der Waals surface area contributed by atoms with Gasteiger partial charge in [0.1, 0.15) is 11.4 Å². The summed E-state index contributed by atoms with van der Waals surface area (Å²) in [5.74, 6) is 0.486. The summed E-state index contributed by atoms with van der Waals surface area (Å²) in [6.07, 6.45) is 5.10. The summed E-state index contributed by atoms with van der Waals surface area (Å²) < 4.78 is 10.8. The molecule has 1 rings (SSSR count). The molecule has 3 nitrogen and oxygen atoms in total. The molecule has 0 aliphatic heterocycles. The zero-order chi connectivity index (χ0) is 15.0. The van der Waals surface area contributed by atoms with E-state index in [0.717, 1.165) is 24.2 Å². The molecule has 0 saturated carbocycles. The Morgan fingerprint density at radius 3 is 2.70 bits per heavy atom. The summed E-state index contributed by atoms with van der Waals surface area (Å²) >= 11 is 0. The first-order valence-corrected chi connectivity index (χ1v) is 7.04. The van der Waals surface area contributed by atoms with Gasteiger partial charge in [-0.3, -0.25) is 0 Å². The van der Waals surface area contributed by atoms with Crippen molar-refractivity contribution in [2.24, 2.45) is 0 Å². The first-order valence-electron chi connectivity index (χ1n) is 7.04. The van der Waals surface area contributed by atoms with E-state index < -0.39 is 0 Å². The topological polar surface area (TPSA) is 35.5 Å². The summed E-state index contributed by atoms with van der Waals surface area (Å²) in [6.45, 7) is 8.54. The van der Waals surface area contributed by atoms with Gasteiger partial charge in [0.05, 0.1) is 6.61 Å². The van der Waals surface area contributed by atoms with E-state index in [1.807, 2.05) is 45.0 Å². The highest BCUT2D eigenvalue weighted by Gasteiger charge is 2.11. The molecule has 0 aromatic heterocycles. The molecule has 0 heterocycles. The lowest BCUT2D eigenvalue weighted by atomic mass is 10.1. The number of carbonyl (C=O) groups excluding carboxylic acids is 1. The highest BCUT2D eigenvalue weighted by Crippen LogP contribution is 2.19. The molecular formula is C17H24O3. The predicted octanol–water partition coefficient (Wildman–Crippen LogP) is 4.22. The van der Waals surface area contributed by atoms with Crippen molar-refractivity contribution < 1.29 is 14.3 Å². The van der Waals surface area contributed by atoms with Gasteiger partial charge >= 0.3 is 5.97 Å². The van der Waals surface area contributed by atoms with Crippen LogP contribution in [0.3, 0.4) is 0 Å². The summed E-state index contributed by atoms with van der Waals surface area (Å²) in [6, 6.07) is 7.64. The van der Waals surface area contributed by atoms with Crippen LogP contribution in [-0.4, -0.2) is 18.2 Å². The number of unbranched alkanes of at least 4 members (excludes halogenated alkanes) is 1. The van der Waals surface area contributed by atoms with Gasteiger partial charge in [-0.25, -0.2) is 4.79 Å². The second-order valence-electron chi connectivity index (χ2n) is 5.64. The molecule has 0 atom stereocenters. The average molecular weight is 276 g/mol. The minimum Gasteiger partial charge on any atom is -0.488 e. The van der Waals surface area contributed by atoms with Crippen LogP contribution in [0.1, 0.15) is 46.1 Å². The van der Waals surface area contributed by atoms with Crippen LogP contribution in [0, 0.1) is 0 Å². The predicted molar refractivity (Wildman–Crippen MR) is 81.7 cm³/mol. The first kappa shape index (κ1) is 16.3. The van der Waals surface area contributed by atoms with Gasteiger partial charge in [-0.05, 0) is 51.0 Å². The normalized spacial score (nSPS) is 11.6. The number of rotatable bonds is 6. The molecule has 20 heavy (non-hydrogen) atoms. The van der Waals surface area contributed by atoms with Crippen LogP contribution in [0.5, 0.6) is 5.75 Å². The molecule has 0 amide bonds. The van der Waals surface area contributed by atoms with Crippen LogP contribution in [-0.2, 0) is 9.53 Å². The quantitative estimate of drug-likeness (QED) is 0.443. The van der Waals surface area contributed by atoms with Crippen LogP contribution in [0.4, 0.5) is 0 Å². The Labute approximate surface area is 121 Å². The Morgan fingerprint density at radius 1 is 1.30 bits per heavy atom. The third-order valence-corrected chi connectivity index (χ3v) is 2.44. The standard InChI is InChI=1S/C17H24O3/c1-5-6-12-19-16(18)11-10-14-8-7-9-15(13-14)20-17(2,3)4/h7-11,13H,5-6,12H2,1-4H3/b11-10+. The minimum atomic E-state index is -0.305. The molecule has 0 bridgehead atoms. The molecule has 0 N–H and O–H groups in total. The van der Waals surface area contributed by atoms with Gasteiger partial charge < -0.3 is 9.47 Å². The Balaban J connectivity index is 2.59. The second-order valence-corrected chi connectivity index (χ2v) is 5.64. The summed E-state index contributed by atoms with van der Waals surface area (Å²) in [5, 5.41) is 0. The van der Waals surface area contributed by atoms with Gasteiger partial charge in [0, 0.05) is 6.08 Å². The molecule has 0 saturated heterocycles. The summed E-state index contributed by atoms with van der Waals surface area (Å²) in [5.41, 5.74) is 0.681. The smallest absolute Gasteiger partial charge is 0.330 e. The molecule has 0 radical (unpaired) electrons. The third-order valence-electron chi connectivity index (χ3n) is 2.44. The van der Waals surface area contributed by atoms with Gasteiger partial charge in [0.2, 0.25) is 0 Å². The molecule has 0 aliphatic carbocycles. The van der Waals surface area contributed by atoms with Gasteiger partial charge in [-0.2, -0.15) is 0 Å². The van der Waals surface area contributed by atoms with Crippen molar-refractivity contribution in [3.8, 4) is 5.75 Å². The Hall–Kier alpha value is -1.77. The van der Waals surface area contributed by atoms with Crippen LogP contribution >= 0.6 is 0 Å². The van der Waals surface area contributed by atoms with E-state index in [-0.39, 0.29) is 11.6 Å². The third kappa shape index (κ3) is 6.98. The fraction of sp³-hybridized carbons (Fsp3) is 0.471. The van der Waals surface area contributed by atoms with E-state index >= 15 is 0 Å². The van der Waals surface area contributed by atoms with E-state index in [1.54, 1.807) is 6.08 Å². The number of hydrogen-bond acceptors (Lipinski definition) is 3. The Bertz CT molecular complexity index is 456. The van der Waals surface area contributed by atoms with Crippen molar-refractivity contribution >= 4 is 12.0 Å². The maximum atomic E-state index is 11.5. The summed E-state index contributed by atoms with van der Waals surface area (Å²) in [4.78, 5) is 11.5. The first-order chi connectivity index (χ1) is 9.40. The molecule has 110 valence electrons. The fourth-order valence-electron chi connectivity index (χ4n) is 1.56. The zero-order valence-electron chi connectivity index (χ0n) is 12.8. The summed E-state index contributed by atoms with van der Waals surface area (Å²) in [7, 11) is 0. The van der Waals surface area contributed by atoms with Crippen LogP contribution in [0.2, 0.25) is 0 Å². The average Bonchev–Trinajstić information content (AvgIpc) is 2.35. The monoisotopic (exact) mass is 276 g/mol. The molecule has 3 heteroatoms. The van der Waals surface area contributed by atoms with Crippen LogP contribution in [0.25, 0.3) is 6.08 Å². The van der Waals surface area contributed by atoms with Gasteiger partial charge in [0.15, 0.2) is 0 Å². The van der Waals surface area contributed by atoms with Crippen molar-refractivity contribution in [2.75, 3.05) is 6.61 Å². The Kier molecular flexibility index (Phi) is 6.29. The SMILES string of the molecule is CCCCOC(=O)/C=C/c1cccc(OC(C)(C)C)c1. The minimum absolute atomic E-state index is 0.235. The van der Waals surface area contributed by atoms with Crippen LogP contribution in [0.15, 0.2) is 30.3 Å². The highest BCUT2D eigenvalue weighted by atomic mass is 16.5. The Morgan fingerprint density at radius 2 is 2.05 bits per heavy atom. The molecule has 0 fully saturated rings. The lowest BCUT2D eigenvalue weighted by molar-refractivity contribution is -0.137. The van der Waals surface area contributed by atoms with Crippen molar-refractivity contribution in [2.45, 2.75) is 46.1 Å². The van der Waals surface area contributed by atoms with Gasteiger partial charge in [-0.15, -0.1) is 0 Å². The number of benzene rings is 1. The van der Waals surface area contributed by atoms with E-state index in [4.69, 9.17) is 9.47 Å². The van der Waals surface area contributed by atoms with Crippen LogP contribution < -0.4 is 4.74 Å². The largest absolute Gasteiger partial charge is 0.488 e. The van der Waals surface area contributed by atoms with E-state index in [9.17, 15) is 4.79 Å². The van der Waals surface area contributed by atoms with E-state index in [1.165, 1.54) is 6.08 Å². The molecular weight excluding hydrogens is 252 g/mol. The van der Waals surface area contributed by atoms with Crippen molar-refractivity contribution in [3.05, 3.63) is 35.9 Å². The number of hydrogen-bond donors (Lipinski definition) is 0. The lowest BCUT2D eigenvalue weighted by Gasteiger charge is -2.21. The molecule has 0 spiro atoms. The fourth-order valence-corrected chi connectivity index (χ4v) is 1.56. The maximum Gasteiger partial charge on any atom is 0.330 e. The van der Waals surface area contributed by atoms with Crippen molar-refractivity contribution in [3.63, 3.8) is 0 Å². The lowest BCUT2D eigenvalue weighted by Crippen LogP contribution is -2.22. The van der Waals surface area contributed by atoms with Crippen molar-refractivity contribution in [1.29, 1.82) is 0 Å². The number of carbonyl (C=O) groups is 1. The molecule has 1 aromatic carbocycles. The maximum absolute atomic E-state index is 11.5. The van der Waals surface area contributed by atoms with Crippen molar-refractivity contribution in [1.82, 2.24) is 0 Å². The van der Waals surface area contributed by atoms with E-state index in [2.05, 4.69) is 6.92 Å². The van der Waals surface area contributed by atoms with Gasteiger partial charge in [0.25, 0.3) is 0 Å². The number of esters is 1. The van der Waals surface area contributed by atoms with Gasteiger partial charge in [-0.1, -0.05) is 25.5 Å². The highest BCUT2D eigenvalue weighted by molar-refractivity contribution is 5.87.